The first-order valence-electron chi connectivity index (χ1n) is 9.70. The Morgan fingerprint density at radius 3 is 0.614 bits per heavy atom. The molecule has 0 atom stereocenters. The van der Waals surface area contributed by atoms with Crippen molar-refractivity contribution in [2.24, 2.45) is 0 Å². The lowest BCUT2D eigenvalue weighted by atomic mass is 9.83. The van der Waals surface area contributed by atoms with E-state index in [0.29, 0.717) is 0 Å². The maximum atomic E-state index is 13.7. The van der Waals surface area contributed by atoms with Crippen LogP contribution in [-0.4, -0.2) is 83.4 Å². The predicted molar refractivity (Wildman–Crippen MR) is 80.6 cm³/mol. The van der Waals surface area contributed by atoms with Gasteiger partial charge in [0.2, 0.25) is 0 Å². The zero-order chi connectivity index (χ0) is 36.8. The molecule has 0 aliphatic carbocycles. The van der Waals surface area contributed by atoms with E-state index in [-0.39, 0.29) is 6.92 Å². The molecule has 0 saturated carbocycles. The minimum atomic E-state index is -9.80. The van der Waals surface area contributed by atoms with Crippen LogP contribution in [0.1, 0.15) is 13.3 Å². The Kier molecular flexibility index (Phi) is 9.81. The van der Waals surface area contributed by atoms with Crippen molar-refractivity contribution in [2.75, 3.05) is 0 Å². The average molecular weight is 730 g/mol. The fraction of sp³-hybridized carbons (Fsp3) is 1.00. The molecule has 0 aromatic rings. The van der Waals surface area contributed by atoms with Crippen molar-refractivity contribution in [3.8, 4) is 0 Å². The highest BCUT2D eigenvalue weighted by atomic mass is 19.4. The molecule has 0 aromatic carbocycles. The molecule has 0 radical (unpaired) electrons. The van der Waals surface area contributed by atoms with Gasteiger partial charge in [-0.05, 0) is 0 Å². The molecule has 0 fully saturated rings. The lowest BCUT2D eigenvalue weighted by molar-refractivity contribution is -0.483. The van der Waals surface area contributed by atoms with Crippen LogP contribution in [-0.2, 0) is 0 Å². The molecule has 0 aliphatic rings. The summed E-state index contributed by atoms with van der Waals surface area (Å²) in [6, 6.07) is 0. The third-order valence-electron chi connectivity index (χ3n) is 5.54. The van der Waals surface area contributed by atoms with Gasteiger partial charge in [-0.3, -0.25) is 0 Å². The molecule has 0 nitrogen and oxygen atoms in total. The standard InChI is InChI=1S/C16H6F28/c1-2-4(19,20)6(23,24)8(27,28)10(31,32)12(35,36)14(39,40)16(43,44)15(41,42)13(37,38)11(33,34)9(29,30)7(25,26)5(21,22)3(17)18/h3H,2H2,1H3. The fourth-order valence-corrected chi connectivity index (χ4v) is 2.57. The number of hydrogen-bond donors (Lipinski definition) is 0. The molecule has 266 valence electrons. The highest BCUT2D eigenvalue weighted by Gasteiger charge is 3.00. The fourth-order valence-electron chi connectivity index (χ4n) is 2.57. The summed E-state index contributed by atoms with van der Waals surface area (Å²) >= 11 is 0. The minimum Gasteiger partial charge on any atom is -0.203 e. The third-order valence-corrected chi connectivity index (χ3v) is 5.54. The van der Waals surface area contributed by atoms with Gasteiger partial charge < -0.3 is 0 Å². The maximum Gasteiger partial charge on any atom is 0.385 e. The van der Waals surface area contributed by atoms with Gasteiger partial charge in [0.05, 0.1) is 0 Å². The molecule has 28 heteroatoms. The molecular weight excluding hydrogens is 724 g/mol. The van der Waals surface area contributed by atoms with E-state index in [1.807, 2.05) is 0 Å². The van der Waals surface area contributed by atoms with Crippen LogP contribution >= 0.6 is 0 Å². The van der Waals surface area contributed by atoms with Gasteiger partial charge in [-0.25, -0.2) is 8.78 Å². The molecule has 0 aromatic heterocycles. The molecule has 0 heterocycles. The van der Waals surface area contributed by atoms with E-state index in [4.69, 9.17) is 0 Å². The maximum absolute atomic E-state index is 13.7. The second-order valence-electron chi connectivity index (χ2n) is 8.30. The molecule has 0 N–H and O–H groups in total. The van der Waals surface area contributed by atoms with Gasteiger partial charge in [0.15, 0.2) is 0 Å². The van der Waals surface area contributed by atoms with E-state index in [9.17, 15) is 123 Å². The highest BCUT2D eigenvalue weighted by molar-refractivity contribution is 5.20. The van der Waals surface area contributed by atoms with Gasteiger partial charge >= 0.3 is 83.4 Å². The van der Waals surface area contributed by atoms with Crippen LogP contribution in [0.4, 0.5) is 123 Å². The summed E-state index contributed by atoms with van der Waals surface area (Å²) < 4.78 is 372. The predicted octanol–water partition coefficient (Wildman–Crippen LogP) is 9.92. The third kappa shape index (κ3) is 4.61. The first-order chi connectivity index (χ1) is 18.5. The number of rotatable bonds is 14. The number of halogens is 28. The second kappa shape index (κ2) is 10.3. The Morgan fingerprint density at radius 1 is 0.295 bits per heavy atom. The molecule has 0 amide bonds. The quantitative estimate of drug-likeness (QED) is 0.156. The summed E-state index contributed by atoms with van der Waals surface area (Å²) in [6.07, 6.45) is -9.19. The van der Waals surface area contributed by atoms with E-state index < -0.39 is 89.8 Å². The molecule has 0 saturated heterocycles. The summed E-state index contributed by atoms with van der Waals surface area (Å²) in [7, 11) is 0. The number of hydrogen-bond acceptors (Lipinski definition) is 0. The van der Waals surface area contributed by atoms with Crippen molar-refractivity contribution in [2.45, 2.75) is 96.8 Å². The Bertz CT molecular complexity index is 1030. The van der Waals surface area contributed by atoms with Crippen LogP contribution in [0.5, 0.6) is 0 Å². The first kappa shape index (κ1) is 42.0. The smallest absolute Gasteiger partial charge is 0.203 e. The van der Waals surface area contributed by atoms with Gasteiger partial charge in [0, 0.05) is 6.42 Å². The van der Waals surface area contributed by atoms with Gasteiger partial charge in [-0.2, -0.15) is 114 Å². The Hall–Kier alpha value is -1.96. The minimum absolute atomic E-state index is 0.345. The van der Waals surface area contributed by atoms with Crippen LogP contribution in [0.3, 0.4) is 0 Å². The van der Waals surface area contributed by atoms with E-state index in [1.54, 1.807) is 0 Å². The van der Waals surface area contributed by atoms with Gasteiger partial charge in [-0.15, -0.1) is 0 Å². The summed E-state index contributed by atoms with van der Waals surface area (Å²) in [6.45, 7) is -0.345. The largest absolute Gasteiger partial charge is 0.385 e. The van der Waals surface area contributed by atoms with Crippen molar-refractivity contribution >= 4 is 0 Å². The van der Waals surface area contributed by atoms with Crippen molar-refractivity contribution in [1.29, 1.82) is 0 Å². The molecular formula is C16H6F28. The first-order valence-corrected chi connectivity index (χ1v) is 9.70. The van der Waals surface area contributed by atoms with Crippen molar-refractivity contribution in [3.05, 3.63) is 0 Å². The van der Waals surface area contributed by atoms with Gasteiger partial charge in [0.1, 0.15) is 0 Å². The topological polar surface area (TPSA) is 0 Å². The van der Waals surface area contributed by atoms with Gasteiger partial charge in [0.25, 0.3) is 0 Å². The van der Waals surface area contributed by atoms with Crippen LogP contribution in [0.15, 0.2) is 0 Å². The lowest BCUT2D eigenvalue weighted by Gasteiger charge is -2.46. The molecule has 0 spiro atoms. The summed E-state index contributed by atoms with van der Waals surface area (Å²) in [5.41, 5.74) is 0. The van der Waals surface area contributed by atoms with Crippen LogP contribution < -0.4 is 0 Å². The Labute approximate surface area is 221 Å². The molecule has 0 rings (SSSR count). The van der Waals surface area contributed by atoms with Crippen molar-refractivity contribution in [3.63, 3.8) is 0 Å². The van der Waals surface area contributed by atoms with E-state index in [1.165, 1.54) is 0 Å². The summed E-state index contributed by atoms with van der Waals surface area (Å²) in [5.74, 6) is -117. The highest BCUT2D eigenvalue weighted by Crippen LogP contribution is 2.68. The Balaban J connectivity index is 7.49. The van der Waals surface area contributed by atoms with Crippen LogP contribution in [0, 0.1) is 0 Å². The molecule has 0 unspecified atom stereocenters. The second-order valence-corrected chi connectivity index (χ2v) is 8.30. The molecule has 0 bridgehead atoms. The SMILES string of the molecule is CCC(F)(F)C(F)(F)C(F)(F)C(F)(F)C(F)(F)C(F)(F)C(F)(F)C(F)(F)C(F)(F)C(F)(F)C(F)(F)C(F)(F)C(F)(F)C(F)F. The van der Waals surface area contributed by atoms with Crippen LogP contribution in [0.25, 0.3) is 0 Å². The summed E-state index contributed by atoms with van der Waals surface area (Å²) in [4.78, 5) is 0. The normalized spacial score (nSPS) is 17.0. The van der Waals surface area contributed by atoms with E-state index in [0.717, 1.165) is 0 Å². The molecule has 0 aliphatic heterocycles. The zero-order valence-electron chi connectivity index (χ0n) is 19.4. The number of alkyl halides is 28. The van der Waals surface area contributed by atoms with Crippen molar-refractivity contribution < 1.29 is 123 Å². The molecule has 44 heavy (non-hydrogen) atoms. The van der Waals surface area contributed by atoms with Crippen LogP contribution in [0.2, 0.25) is 0 Å². The van der Waals surface area contributed by atoms with E-state index >= 15 is 0 Å². The van der Waals surface area contributed by atoms with Gasteiger partial charge in [-0.1, -0.05) is 6.92 Å². The monoisotopic (exact) mass is 730 g/mol. The Morgan fingerprint density at radius 2 is 0.455 bits per heavy atom. The lowest BCUT2D eigenvalue weighted by Crippen LogP contribution is -2.79. The zero-order valence-corrected chi connectivity index (χ0v) is 19.4. The van der Waals surface area contributed by atoms with Crippen molar-refractivity contribution in [1.82, 2.24) is 0 Å². The average Bonchev–Trinajstić information content (AvgIpc) is 2.82. The summed E-state index contributed by atoms with van der Waals surface area (Å²) in [5, 5.41) is 0. The van der Waals surface area contributed by atoms with E-state index in [2.05, 4.69) is 0 Å².